The van der Waals surface area contributed by atoms with Gasteiger partial charge < -0.3 is 5.11 Å². The Hall–Kier alpha value is -3.11. The van der Waals surface area contributed by atoms with E-state index in [1.807, 2.05) is 45.2 Å². The molecule has 2 aromatic heterocycles. The second-order valence-electron chi connectivity index (χ2n) is 21.5. The molecule has 0 bridgehead atoms. The van der Waals surface area contributed by atoms with Gasteiger partial charge in [-0.3, -0.25) is 9.78 Å². The number of rotatable bonds is 9. The quantitative estimate of drug-likeness (QED) is 0.0909. The first-order valence-corrected chi connectivity index (χ1v) is 23.3. The number of benzene rings is 3. The zero-order valence-electron chi connectivity index (χ0n) is 39.6. The molecule has 1 N–H and O–H groups in total. The molecule has 0 saturated heterocycles. The van der Waals surface area contributed by atoms with Crippen molar-refractivity contribution in [2.45, 2.75) is 176 Å². The minimum atomic E-state index is 0. The molecule has 2 aliphatic carbocycles. The Morgan fingerprint density at radius 3 is 1.85 bits per heavy atom. The molecule has 5 heteroatoms. The van der Waals surface area contributed by atoms with Gasteiger partial charge in [-0.25, -0.2) is 0 Å². The standard InChI is InChI=1S/C42H48NS.C13H24O2.Ir/c1-24-27-17-18-43-35(26-19-25-15-13-14-16-28(25)29(20-26)38(2,3)4)37(27)44-36(24)32-33-30(39(5,6)22-41(33,9)10)21-31-34(32)42(11,12)23-40(31,7)8;1-5-10(6-2)12(14)9-13(15)11(7-3)8-4;/h13-18,20-21H,22-23H2,1-12H3;9-11,14H,5-8H2,1-4H3;/q-1;;/b;12-9-;. The van der Waals surface area contributed by atoms with E-state index in [1.165, 1.54) is 56.0 Å². The van der Waals surface area contributed by atoms with Crippen molar-refractivity contribution >= 4 is 38.0 Å². The van der Waals surface area contributed by atoms with E-state index in [2.05, 4.69) is 132 Å². The van der Waals surface area contributed by atoms with Gasteiger partial charge >= 0.3 is 0 Å². The van der Waals surface area contributed by atoms with E-state index in [1.54, 1.807) is 22.3 Å². The number of aromatic nitrogens is 1. The molecule has 0 spiro atoms. The van der Waals surface area contributed by atoms with Crippen LogP contribution >= 0.6 is 11.3 Å². The molecule has 0 saturated carbocycles. The number of nitrogens with zero attached hydrogens (tertiary/aromatic N) is 1. The maximum Gasteiger partial charge on any atom is 0.162 e. The minimum Gasteiger partial charge on any atom is -0.512 e. The van der Waals surface area contributed by atoms with Crippen LogP contribution in [-0.2, 0) is 52.0 Å². The molecule has 3 nitrogen and oxygen atoms in total. The Morgan fingerprint density at radius 2 is 1.33 bits per heavy atom. The van der Waals surface area contributed by atoms with Crippen molar-refractivity contribution in [1.82, 2.24) is 4.98 Å². The van der Waals surface area contributed by atoms with Crippen LogP contribution < -0.4 is 0 Å². The number of ketones is 1. The number of hydrogen-bond donors (Lipinski definition) is 1. The van der Waals surface area contributed by atoms with Gasteiger partial charge in [0.05, 0.1) is 5.76 Å². The number of aliphatic hydroxyl groups excluding tert-OH is 1. The van der Waals surface area contributed by atoms with Crippen LogP contribution in [0.5, 0.6) is 0 Å². The number of allylic oxidation sites excluding steroid dienone is 2. The maximum atomic E-state index is 11.7. The molecule has 5 aromatic rings. The van der Waals surface area contributed by atoms with Crippen molar-refractivity contribution in [2.75, 3.05) is 0 Å². The summed E-state index contributed by atoms with van der Waals surface area (Å²) in [5.41, 5.74) is 13.2. The van der Waals surface area contributed by atoms with E-state index in [0.29, 0.717) is 0 Å². The van der Waals surface area contributed by atoms with Crippen molar-refractivity contribution in [3.05, 3.63) is 99.9 Å². The third-order valence-corrected chi connectivity index (χ3v) is 15.2. The molecule has 325 valence electrons. The number of fused-ring (bicyclic) bond motifs is 4. The number of aryl methyl sites for hydroxylation is 1. The van der Waals surface area contributed by atoms with E-state index in [9.17, 15) is 9.90 Å². The number of carbonyl (C=O) groups is 1. The predicted octanol–water partition coefficient (Wildman–Crippen LogP) is 16.0. The summed E-state index contributed by atoms with van der Waals surface area (Å²) in [6, 6.07) is 19.7. The number of carbonyl (C=O) groups excluding carboxylic acids is 1. The van der Waals surface area contributed by atoms with Gasteiger partial charge in [0.25, 0.3) is 0 Å². The summed E-state index contributed by atoms with van der Waals surface area (Å²) in [7, 11) is 0. The first kappa shape index (κ1) is 47.9. The van der Waals surface area contributed by atoms with Crippen LogP contribution in [0.4, 0.5) is 0 Å². The van der Waals surface area contributed by atoms with Crippen LogP contribution in [0.15, 0.2) is 60.5 Å². The molecule has 0 atom stereocenters. The topological polar surface area (TPSA) is 50.2 Å². The molecule has 3 aromatic carbocycles. The summed E-state index contributed by atoms with van der Waals surface area (Å²) in [5.74, 6) is 0.547. The molecular formula is C55H72IrNO2S-. The van der Waals surface area contributed by atoms with Crippen molar-refractivity contribution in [3.63, 3.8) is 0 Å². The molecule has 0 amide bonds. The molecule has 2 heterocycles. The number of aliphatic hydroxyl groups is 1. The summed E-state index contributed by atoms with van der Waals surface area (Å²) in [4.78, 5) is 18.2. The molecule has 0 aliphatic heterocycles. The van der Waals surface area contributed by atoms with Crippen LogP contribution in [-0.4, -0.2) is 15.9 Å². The van der Waals surface area contributed by atoms with E-state index >= 15 is 0 Å². The van der Waals surface area contributed by atoms with E-state index < -0.39 is 0 Å². The summed E-state index contributed by atoms with van der Waals surface area (Å²) >= 11 is 1.97. The Kier molecular flexibility index (Phi) is 13.8. The third kappa shape index (κ3) is 8.63. The maximum absolute atomic E-state index is 11.7. The second kappa shape index (κ2) is 17.2. The fraction of sp³-hybridized carbons (Fsp3) is 0.527. The summed E-state index contributed by atoms with van der Waals surface area (Å²) in [5, 5.41) is 13.5. The fourth-order valence-electron chi connectivity index (χ4n) is 11.3. The third-order valence-electron chi connectivity index (χ3n) is 13.9. The van der Waals surface area contributed by atoms with Crippen molar-refractivity contribution in [1.29, 1.82) is 0 Å². The van der Waals surface area contributed by atoms with Gasteiger partial charge in [0.15, 0.2) is 5.78 Å². The van der Waals surface area contributed by atoms with Crippen LogP contribution in [0.3, 0.4) is 0 Å². The van der Waals surface area contributed by atoms with Crippen molar-refractivity contribution in [2.24, 2.45) is 11.8 Å². The van der Waals surface area contributed by atoms with Gasteiger partial charge in [-0.2, -0.15) is 0 Å². The van der Waals surface area contributed by atoms with Crippen molar-refractivity contribution in [3.8, 4) is 21.7 Å². The molecular weight excluding hydrogens is 931 g/mol. The SMILES string of the molecule is CCC(CC)C(=O)/C=C(\O)C(CC)CC.Cc1c(-c2c3c(cc4c2C(C)(C)CC4(C)C)C(C)(C)CC3(C)C)sc2c(-c3[c-]c4ccccc4c(C(C)(C)C)c3)nccc12.[Ir]. The smallest absolute Gasteiger partial charge is 0.162 e. The van der Waals surface area contributed by atoms with Crippen molar-refractivity contribution < 1.29 is 30.0 Å². The monoisotopic (exact) mass is 1000 g/mol. The van der Waals surface area contributed by atoms with E-state index in [4.69, 9.17) is 4.98 Å². The van der Waals surface area contributed by atoms with Gasteiger partial charge in [-0.1, -0.05) is 139 Å². The summed E-state index contributed by atoms with van der Waals surface area (Å²) in [6.45, 7) is 37.1. The Bertz CT molecular complexity index is 2370. The Balaban J connectivity index is 0.000000367. The first-order chi connectivity index (χ1) is 27.4. The second-order valence-corrected chi connectivity index (χ2v) is 22.5. The Morgan fingerprint density at radius 1 is 0.800 bits per heavy atom. The molecule has 60 heavy (non-hydrogen) atoms. The summed E-state index contributed by atoms with van der Waals surface area (Å²) < 4.78 is 1.28. The molecule has 2 aliphatic rings. The van der Waals surface area contributed by atoms with Crippen LogP contribution in [0.25, 0.3) is 42.6 Å². The molecule has 0 unspecified atom stereocenters. The van der Waals surface area contributed by atoms with Crippen LogP contribution in [0.1, 0.15) is 176 Å². The molecule has 1 radical (unpaired) electrons. The normalized spacial score (nSPS) is 17.4. The predicted molar refractivity (Wildman–Crippen MR) is 255 cm³/mol. The van der Waals surface area contributed by atoms with Gasteiger partial charge in [0.1, 0.15) is 0 Å². The number of thiophene rings is 1. The van der Waals surface area contributed by atoms with Crippen LogP contribution in [0.2, 0.25) is 0 Å². The fourth-order valence-corrected chi connectivity index (χ4v) is 12.7. The largest absolute Gasteiger partial charge is 0.512 e. The van der Waals surface area contributed by atoms with Gasteiger partial charge in [0, 0.05) is 65.0 Å². The number of hydrogen-bond acceptors (Lipinski definition) is 4. The van der Waals surface area contributed by atoms with Gasteiger partial charge in [0.2, 0.25) is 0 Å². The zero-order valence-corrected chi connectivity index (χ0v) is 42.8. The Labute approximate surface area is 380 Å². The number of pyridine rings is 1. The molecule has 7 rings (SSSR count). The first-order valence-electron chi connectivity index (χ1n) is 22.5. The summed E-state index contributed by atoms with van der Waals surface area (Å²) in [6.07, 6.45) is 9.26. The van der Waals surface area contributed by atoms with E-state index in [0.717, 1.165) is 42.3 Å². The average molecular weight is 1000 g/mol. The molecule has 0 fully saturated rings. The average Bonchev–Trinajstić information content (AvgIpc) is 3.66. The zero-order chi connectivity index (χ0) is 43.6. The minimum absolute atomic E-state index is 0. The van der Waals surface area contributed by atoms with Crippen LogP contribution in [0, 0.1) is 24.8 Å². The van der Waals surface area contributed by atoms with Gasteiger partial charge in [-0.05, 0) is 112 Å². The van der Waals surface area contributed by atoms with E-state index in [-0.39, 0.29) is 70.6 Å². The van der Waals surface area contributed by atoms with Gasteiger partial charge in [-0.15, -0.1) is 40.5 Å².